The lowest BCUT2D eigenvalue weighted by Crippen LogP contribution is -2.44. The molecule has 0 spiro atoms. The quantitative estimate of drug-likeness (QED) is 0.701. The highest BCUT2D eigenvalue weighted by Gasteiger charge is 2.26. The van der Waals surface area contributed by atoms with Crippen LogP contribution in [0.1, 0.15) is 34.6 Å². The maximum absolute atomic E-state index is 12.1. The number of rotatable bonds is 4. The highest BCUT2D eigenvalue weighted by molar-refractivity contribution is 6.79. The molecule has 0 fully saturated rings. The van der Waals surface area contributed by atoms with Gasteiger partial charge < -0.3 is 13.9 Å². The molecule has 0 aliphatic rings. The Morgan fingerprint density at radius 2 is 1.79 bits per heavy atom. The Labute approximate surface area is 146 Å². The number of fused-ring (bicyclic) bond motifs is 1. The van der Waals surface area contributed by atoms with E-state index in [-0.39, 0.29) is 11.1 Å². The molecule has 0 atom stereocenters. The SMILES string of the molecule is CCN(CC)C(=O)Oc1ccc2c(ccn2[Si-](C)(C)C(C)(C)C)c1. The molecule has 1 aromatic heterocycles. The third-order valence-corrected chi connectivity index (χ3v) is 10.6. The maximum Gasteiger partial charge on any atom is 0.415 e. The van der Waals surface area contributed by atoms with E-state index in [9.17, 15) is 4.79 Å². The van der Waals surface area contributed by atoms with Gasteiger partial charge in [0.15, 0.2) is 0 Å². The summed E-state index contributed by atoms with van der Waals surface area (Å²) in [5.41, 5.74) is 1.21. The van der Waals surface area contributed by atoms with Crippen molar-refractivity contribution in [2.75, 3.05) is 13.1 Å². The van der Waals surface area contributed by atoms with Gasteiger partial charge in [0.25, 0.3) is 0 Å². The van der Waals surface area contributed by atoms with E-state index in [1.807, 2.05) is 26.0 Å². The van der Waals surface area contributed by atoms with Crippen LogP contribution in [0.5, 0.6) is 5.75 Å². The van der Waals surface area contributed by atoms with Gasteiger partial charge in [0.1, 0.15) is 5.75 Å². The number of carbonyl (C=O) groups excluding carboxylic acids is 1. The summed E-state index contributed by atoms with van der Waals surface area (Å²) < 4.78 is 7.96. The van der Waals surface area contributed by atoms with Crippen molar-refractivity contribution in [3.05, 3.63) is 30.5 Å². The molecule has 0 bridgehead atoms. The molecule has 0 N–H and O–H groups in total. The zero-order valence-corrected chi connectivity index (χ0v) is 17.0. The summed E-state index contributed by atoms with van der Waals surface area (Å²) in [6.07, 6.45) is 1.89. The summed E-state index contributed by atoms with van der Waals surface area (Å²) in [7, 11) is -1.67. The molecule has 0 aliphatic carbocycles. The van der Waals surface area contributed by atoms with Crippen molar-refractivity contribution in [3.8, 4) is 5.75 Å². The van der Waals surface area contributed by atoms with Gasteiger partial charge in [-0.2, -0.15) is 13.1 Å². The standard InChI is InChI=1S/C19H30N2O2Si/c1-8-20(9-2)18(22)23-16-10-11-17-15(14-16)12-13-21(17)24(6,7)19(3,4)5/h10-14H,8-9H2,1-7H3/q-1. The average molecular weight is 347 g/mol. The third-order valence-electron chi connectivity index (χ3n) is 5.33. The second-order valence-corrected chi connectivity index (χ2v) is 12.9. The van der Waals surface area contributed by atoms with Crippen LogP contribution in [0, 0.1) is 0 Å². The van der Waals surface area contributed by atoms with E-state index in [0.717, 1.165) is 5.39 Å². The summed E-state index contributed by atoms with van der Waals surface area (Å²) in [6, 6.07) is 8.04. The smallest absolute Gasteiger partial charge is 0.415 e. The number of amides is 1. The summed E-state index contributed by atoms with van der Waals surface area (Å²) in [6.45, 7) is 16.9. The first-order valence-corrected chi connectivity index (χ1v) is 11.6. The van der Waals surface area contributed by atoms with Crippen LogP contribution in [0.2, 0.25) is 18.1 Å². The molecule has 1 aromatic carbocycles. The van der Waals surface area contributed by atoms with Crippen molar-refractivity contribution in [1.82, 2.24) is 9.13 Å². The molecule has 2 aromatic rings. The van der Waals surface area contributed by atoms with Crippen molar-refractivity contribution in [3.63, 3.8) is 0 Å². The molecule has 0 radical (unpaired) electrons. The summed E-state index contributed by atoms with van der Waals surface area (Å²) >= 11 is 0. The molecule has 0 unspecified atom stereocenters. The summed E-state index contributed by atoms with van der Waals surface area (Å²) in [5.74, 6) is 0.604. The maximum atomic E-state index is 12.1. The van der Waals surface area contributed by atoms with Gasteiger partial charge in [-0.3, -0.25) is 0 Å². The molecule has 1 heterocycles. The molecule has 4 nitrogen and oxygen atoms in total. The molecule has 0 saturated heterocycles. The van der Waals surface area contributed by atoms with Crippen LogP contribution >= 0.6 is 0 Å². The minimum Gasteiger partial charge on any atom is -0.500 e. The minimum absolute atomic E-state index is 0.257. The Morgan fingerprint density at radius 3 is 2.33 bits per heavy atom. The predicted octanol–water partition coefficient (Wildman–Crippen LogP) is 5.34. The van der Waals surface area contributed by atoms with Gasteiger partial charge in [0.05, 0.1) is 0 Å². The minimum atomic E-state index is -1.67. The molecular weight excluding hydrogens is 316 g/mol. The van der Waals surface area contributed by atoms with Gasteiger partial charge in [0, 0.05) is 18.6 Å². The highest BCUT2D eigenvalue weighted by Crippen LogP contribution is 2.39. The number of nitrogens with zero attached hydrogens (tertiary/aromatic N) is 2. The second kappa shape index (κ2) is 6.63. The third kappa shape index (κ3) is 3.36. The molecule has 5 heteroatoms. The Bertz CT molecular complexity index is 725. The number of carbonyl (C=O) groups is 1. The largest absolute Gasteiger partial charge is 0.500 e. The zero-order chi connectivity index (χ0) is 18.1. The van der Waals surface area contributed by atoms with E-state index in [1.165, 1.54) is 5.52 Å². The summed E-state index contributed by atoms with van der Waals surface area (Å²) in [4.78, 5) is 13.8. The predicted molar refractivity (Wildman–Crippen MR) is 103 cm³/mol. The van der Waals surface area contributed by atoms with Gasteiger partial charge in [0.2, 0.25) is 0 Å². The van der Waals surface area contributed by atoms with Gasteiger partial charge in [-0.25, -0.2) is 4.79 Å². The lowest BCUT2D eigenvalue weighted by atomic mass is 10.2. The molecule has 0 saturated carbocycles. The van der Waals surface area contributed by atoms with Crippen LogP contribution in [0.25, 0.3) is 10.9 Å². The Kier molecular flexibility index (Phi) is 5.13. The normalized spacial score (nSPS) is 12.5. The van der Waals surface area contributed by atoms with Crippen molar-refractivity contribution >= 4 is 25.2 Å². The molecular formula is C19H30N2O2Si-. The van der Waals surface area contributed by atoms with E-state index in [0.29, 0.717) is 18.8 Å². The van der Waals surface area contributed by atoms with Crippen LogP contribution < -0.4 is 4.74 Å². The van der Waals surface area contributed by atoms with Crippen LogP contribution in [0.4, 0.5) is 4.79 Å². The lowest BCUT2D eigenvalue weighted by molar-refractivity contribution is 0.157. The summed E-state index contributed by atoms with van der Waals surface area (Å²) in [5, 5.41) is 1.37. The Morgan fingerprint density at radius 1 is 1.17 bits per heavy atom. The molecule has 1 amide bonds. The van der Waals surface area contributed by atoms with E-state index < -0.39 is 8.24 Å². The van der Waals surface area contributed by atoms with Crippen molar-refractivity contribution in [2.24, 2.45) is 0 Å². The zero-order valence-electron chi connectivity index (χ0n) is 16.0. The van der Waals surface area contributed by atoms with Crippen LogP contribution in [0.3, 0.4) is 0 Å². The fourth-order valence-corrected chi connectivity index (χ4v) is 4.66. The molecule has 0 aliphatic heterocycles. The van der Waals surface area contributed by atoms with E-state index >= 15 is 0 Å². The van der Waals surface area contributed by atoms with Gasteiger partial charge in [-0.1, -0.05) is 20.8 Å². The average Bonchev–Trinajstić information content (AvgIpc) is 2.91. The van der Waals surface area contributed by atoms with Crippen molar-refractivity contribution < 1.29 is 9.53 Å². The van der Waals surface area contributed by atoms with Crippen LogP contribution in [-0.4, -0.2) is 36.6 Å². The van der Waals surface area contributed by atoms with Crippen LogP contribution in [0.15, 0.2) is 30.5 Å². The second-order valence-electron chi connectivity index (χ2n) is 7.76. The first-order chi connectivity index (χ1) is 11.1. The number of aromatic nitrogens is 1. The van der Waals surface area contributed by atoms with Crippen LogP contribution in [-0.2, 0) is 0 Å². The number of hydrogen-bond acceptors (Lipinski definition) is 2. The van der Waals surface area contributed by atoms with Crippen molar-refractivity contribution in [2.45, 2.75) is 52.8 Å². The Hall–Kier alpha value is -1.75. The monoisotopic (exact) mass is 346 g/mol. The lowest BCUT2D eigenvalue weighted by Gasteiger charge is -2.50. The van der Waals surface area contributed by atoms with E-state index in [1.54, 1.807) is 4.90 Å². The van der Waals surface area contributed by atoms with Gasteiger partial charge in [-0.15, -0.1) is 5.04 Å². The molecule has 24 heavy (non-hydrogen) atoms. The first-order valence-electron chi connectivity index (χ1n) is 8.70. The Balaban J connectivity index is 2.34. The van der Waals surface area contributed by atoms with Gasteiger partial charge >= 0.3 is 6.09 Å². The van der Waals surface area contributed by atoms with Crippen molar-refractivity contribution in [1.29, 1.82) is 0 Å². The van der Waals surface area contributed by atoms with E-state index in [2.05, 4.69) is 56.4 Å². The number of benzene rings is 1. The molecule has 2 rings (SSSR count). The fourth-order valence-electron chi connectivity index (χ4n) is 2.68. The first kappa shape index (κ1) is 18.6. The topological polar surface area (TPSA) is 34.5 Å². The fraction of sp³-hybridized carbons (Fsp3) is 0.526. The number of ether oxygens (including phenoxy) is 1. The van der Waals surface area contributed by atoms with Gasteiger partial charge in [-0.05, 0) is 57.9 Å². The van der Waals surface area contributed by atoms with E-state index in [4.69, 9.17) is 4.74 Å². The number of hydrogen-bond donors (Lipinski definition) is 0. The highest BCUT2D eigenvalue weighted by atomic mass is 28.3. The molecule has 133 valence electrons.